The fourth-order valence-corrected chi connectivity index (χ4v) is 6.63. The molecule has 1 N–H and O–H groups in total. The standard InChI is InChI=1S/C26H32N4O3S/c1-19-15-20(2)25(21(3)16-19)34(32,33)29-13-10-23(11-14-29)26(31)27-12-9-22-17-28-30(18-22)24-7-5-4-6-8-24/h4-8,15-18,23H,9-14H2,1-3H3,(H,27,31). The lowest BCUT2D eigenvalue weighted by Crippen LogP contribution is -2.43. The summed E-state index contributed by atoms with van der Waals surface area (Å²) in [6, 6.07) is 13.7. The van der Waals surface area contributed by atoms with Crippen molar-refractivity contribution >= 4 is 15.9 Å². The predicted octanol–water partition coefficient (Wildman–Crippen LogP) is 3.56. The van der Waals surface area contributed by atoms with Crippen LogP contribution in [0.2, 0.25) is 0 Å². The summed E-state index contributed by atoms with van der Waals surface area (Å²) in [7, 11) is -3.57. The molecule has 7 nitrogen and oxygen atoms in total. The molecule has 2 aromatic carbocycles. The number of hydrogen-bond acceptors (Lipinski definition) is 4. The zero-order chi connectivity index (χ0) is 24.3. The van der Waals surface area contributed by atoms with Crippen LogP contribution in [0.1, 0.15) is 35.1 Å². The molecule has 1 fully saturated rings. The maximum atomic E-state index is 13.3. The Bertz CT molecular complexity index is 1240. The molecule has 1 aliphatic rings. The first-order valence-corrected chi connectivity index (χ1v) is 13.1. The molecule has 0 aliphatic carbocycles. The number of aromatic nitrogens is 2. The van der Waals surface area contributed by atoms with Gasteiger partial charge in [-0.05, 0) is 68.9 Å². The van der Waals surface area contributed by atoms with Crippen molar-refractivity contribution in [2.24, 2.45) is 5.92 Å². The van der Waals surface area contributed by atoms with Crippen molar-refractivity contribution in [2.75, 3.05) is 19.6 Å². The number of nitrogens with zero attached hydrogens (tertiary/aromatic N) is 3. The first-order chi connectivity index (χ1) is 16.3. The third-order valence-corrected chi connectivity index (χ3v) is 8.60. The molecule has 0 atom stereocenters. The van der Waals surface area contributed by atoms with Crippen LogP contribution in [0.5, 0.6) is 0 Å². The maximum absolute atomic E-state index is 13.3. The van der Waals surface area contributed by atoms with E-state index in [1.165, 1.54) is 4.31 Å². The zero-order valence-electron chi connectivity index (χ0n) is 20.0. The summed E-state index contributed by atoms with van der Waals surface area (Å²) in [5.41, 5.74) is 4.64. The molecule has 1 amide bonds. The zero-order valence-corrected chi connectivity index (χ0v) is 20.8. The molecule has 1 aromatic heterocycles. The summed E-state index contributed by atoms with van der Waals surface area (Å²) in [5, 5.41) is 7.40. The maximum Gasteiger partial charge on any atom is 0.243 e. The van der Waals surface area contributed by atoms with Gasteiger partial charge >= 0.3 is 0 Å². The number of piperidine rings is 1. The normalized spacial score (nSPS) is 15.4. The summed E-state index contributed by atoms with van der Waals surface area (Å²) < 4.78 is 29.9. The predicted molar refractivity (Wildman–Crippen MR) is 132 cm³/mol. The van der Waals surface area contributed by atoms with Crippen LogP contribution >= 0.6 is 0 Å². The van der Waals surface area contributed by atoms with E-state index < -0.39 is 10.0 Å². The molecular formula is C26H32N4O3S. The Kier molecular flexibility index (Phi) is 7.19. The summed E-state index contributed by atoms with van der Waals surface area (Å²) in [6.45, 7) is 6.90. The van der Waals surface area contributed by atoms with Crippen molar-refractivity contribution in [1.29, 1.82) is 0 Å². The van der Waals surface area contributed by atoms with E-state index in [1.54, 1.807) is 0 Å². The minimum absolute atomic E-state index is 0.00445. The van der Waals surface area contributed by atoms with Crippen LogP contribution in [0.25, 0.3) is 5.69 Å². The van der Waals surface area contributed by atoms with Gasteiger partial charge < -0.3 is 5.32 Å². The Hall–Kier alpha value is -2.97. The molecule has 2 heterocycles. The molecule has 0 spiro atoms. The molecule has 34 heavy (non-hydrogen) atoms. The van der Waals surface area contributed by atoms with Crippen molar-refractivity contribution in [3.05, 3.63) is 77.1 Å². The quantitative estimate of drug-likeness (QED) is 0.560. The van der Waals surface area contributed by atoms with Gasteiger partial charge in [0, 0.05) is 31.7 Å². The van der Waals surface area contributed by atoms with Gasteiger partial charge in [-0.15, -0.1) is 0 Å². The van der Waals surface area contributed by atoms with Crippen LogP contribution in [0.15, 0.2) is 59.8 Å². The van der Waals surface area contributed by atoms with Gasteiger partial charge in [-0.25, -0.2) is 13.1 Å². The van der Waals surface area contributed by atoms with Gasteiger partial charge in [0.05, 0.1) is 16.8 Å². The number of carbonyl (C=O) groups excluding carboxylic acids is 1. The van der Waals surface area contributed by atoms with Crippen molar-refractivity contribution in [2.45, 2.75) is 44.9 Å². The molecule has 180 valence electrons. The van der Waals surface area contributed by atoms with E-state index >= 15 is 0 Å². The minimum atomic E-state index is -3.57. The number of nitrogens with one attached hydrogen (secondary N) is 1. The van der Waals surface area contributed by atoms with Gasteiger partial charge in [-0.1, -0.05) is 35.9 Å². The number of aryl methyl sites for hydroxylation is 3. The number of amides is 1. The van der Waals surface area contributed by atoms with Gasteiger partial charge in [0.25, 0.3) is 0 Å². The number of rotatable bonds is 7. The van der Waals surface area contributed by atoms with Gasteiger partial charge in [0.1, 0.15) is 0 Å². The number of para-hydroxylation sites is 1. The average Bonchev–Trinajstić information content (AvgIpc) is 3.28. The third-order valence-electron chi connectivity index (χ3n) is 6.40. The summed E-state index contributed by atoms with van der Waals surface area (Å²) in [6.07, 6.45) is 5.54. The smallest absolute Gasteiger partial charge is 0.243 e. The lowest BCUT2D eigenvalue weighted by Gasteiger charge is -2.31. The third kappa shape index (κ3) is 5.23. The van der Waals surface area contributed by atoms with Crippen LogP contribution < -0.4 is 5.32 Å². The monoisotopic (exact) mass is 480 g/mol. The highest BCUT2D eigenvalue weighted by molar-refractivity contribution is 7.89. The van der Waals surface area contributed by atoms with E-state index in [1.807, 2.05) is 80.3 Å². The van der Waals surface area contributed by atoms with Crippen LogP contribution in [-0.4, -0.2) is 48.0 Å². The van der Waals surface area contributed by atoms with Crippen molar-refractivity contribution in [1.82, 2.24) is 19.4 Å². The highest BCUT2D eigenvalue weighted by Crippen LogP contribution is 2.28. The van der Waals surface area contributed by atoms with Crippen LogP contribution in [0, 0.1) is 26.7 Å². The summed E-state index contributed by atoms with van der Waals surface area (Å²) >= 11 is 0. The lowest BCUT2D eigenvalue weighted by atomic mass is 9.97. The first-order valence-electron chi connectivity index (χ1n) is 11.7. The molecule has 3 aromatic rings. The Morgan fingerprint density at radius 1 is 1.06 bits per heavy atom. The van der Waals surface area contributed by atoms with E-state index in [2.05, 4.69) is 10.4 Å². The second-order valence-electron chi connectivity index (χ2n) is 9.08. The van der Waals surface area contributed by atoms with E-state index in [9.17, 15) is 13.2 Å². The van der Waals surface area contributed by atoms with Crippen LogP contribution in [-0.2, 0) is 21.2 Å². The second kappa shape index (κ2) is 10.1. The molecule has 1 aliphatic heterocycles. The molecule has 0 bridgehead atoms. The number of benzene rings is 2. The molecule has 1 saturated heterocycles. The highest BCUT2D eigenvalue weighted by atomic mass is 32.2. The molecule has 4 rings (SSSR count). The Morgan fingerprint density at radius 2 is 1.71 bits per heavy atom. The molecule has 0 unspecified atom stereocenters. The largest absolute Gasteiger partial charge is 0.356 e. The van der Waals surface area contributed by atoms with Crippen LogP contribution in [0.3, 0.4) is 0 Å². The number of carbonyl (C=O) groups is 1. The van der Waals surface area contributed by atoms with Crippen molar-refractivity contribution in [3.63, 3.8) is 0 Å². The summed E-state index contributed by atoms with van der Waals surface area (Å²) in [5.74, 6) is -0.172. The van der Waals surface area contributed by atoms with Crippen molar-refractivity contribution < 1.29 is 13.2 Å². The fourth-order valence-electron chi connectivity index (χ4n) is 4.75. The van der Waals surface area contributed by atoms with Gasteiger partial charge in [0.15, 0.2) is 0 Å². The van der Waals surface area contributed by atoms with Crippen molar-refractivity contribution in [3.8, 4) is 5.69 Å². The van der Waals surface area contributed by atoms with E-state index in [4.69, 9.17) is 0 Å². The fraction of sp³-hybridized carbons (Fsp3) is 0.385. The van der Waals surface area contributed by atoms with E-state index in [-0.39, 0.29) is 11.8 Å². The minimum Gasteiger partial charge on any atom is -0.356 e. The number of sulfonamides is 1. The number of hydrogen-bond donors (Lipinski definition) is 1. The Morgan fingerprint density at radius 3 is 2.35 bits per heavy atom. The lowest BCUT2D eigenvalue weighted by molar-refractivity contribution is -0.126. The van der Waals surface area contributed by atoms with Crippen LogP contribution in [0.4, 0.5) is 0 Å². The van der Waals surface area contributed by atoms with Gasteiger partial charge in [-0.3, -0.25) is 4.79 Å². The topological polar surface area (TPSA) is 84.3 Å². The van der Waals surface area contributed by atoms with Gasteiger partial charge in [-0.2, -0.15) is 9.40 Å². The molecule has 8 heteroatoms. The van der Waals surface area contributed by atoms with E-state index in [0.29, 0.717) is 43.8 Å². The Labute approximate surface area is 201 Å². The molecular weight excluding hydrogens is 448 g/mol. The highest BCUT2D eigenvalue weighted by Gasteiger charge is 2.33. The first kappa shape index (κ1) is 24.2. The summed E-state index contributed by atoms with van der Waals surface area (Å²) in [4.78, 5) is 13.1. The average molecular weight is 481 g/mol. The van der Waals surface area contributed by atoms with Gasteiger partial charge in [0.2, 0.25) is 15.9 Å². The Balaban J connectivity index is 1.28. The molecule has 0 radical (unpaired) electrons. The molecule has 0 saturated carbocycles. The second-order valence-corrected chi connectivity index (χ2v) is 11.0. The SMILES string of the molecule is Cc1cc(C)c(S(=O)(=O)N2CCC(C(=O)NCCc3cnn(-c4ccccc4)c3)CC2)c(C)c1. The van der Waals surface area contributed by atoms with E-state index in [0.717, 1.165) is 27.9 Å².